The van der Waals surface area contributed by atoms with Gasteiger partial charge in [-0.15, -0.1) is 0 Å². The Morgan fingerprint density at radius 1 is 1.38 bits per heavy atom. The van der Waals surface area contributed by atoms with Crippen LogP contribution in [0.25, 0.3) is 5.69 Å². The lowest BCUT2D eigenvalue weighted by Crippen LogP contribution is -1.98. The standard InChI is InChI=1S/C9H8N3O/c1-13-9-4-2-3-8(7-9)12-10-5-6-11-12/h2,4-7H,1H3. The summed E-state index contributed by atoms with van der Waals surface area (Å²) in [7, 11) is 1.62. The highest BCUT2D eigenvalue weighted by Gasteiger charge is 1.98. The Hall–Kier alpha value is -1.84. The summed E-state index contributed by atoms with van der Waals surface area (Å²) >= 11 is 0. The topological polar surface area (TPSA) is 39.9 Å². The summed E-state index contributed by atoms with van der Waals surface area (Å²) in [5.74, 6) is 0.769. The van der Waals surface area contributed by atoms with E-state index in [0.717, 1.165) is 11.4 Å². The van der Waals surface area contributed by atoms with Gasteiger partial charge in [0.2, 0.25) is 0 Å². The number of hydrogen-bond acceptors (Lipinski definition) is 3. The van der Waals surface area contributed by atoms with Gasteiger partial charge in [0.1, 0.15) is 5.75 Å². The molecule has 1 aromatic heterocycles. The first-order chi connectivity index (χ1) is 6.40. The predicted octanol–water partition coefficient (Wildman–Crippen LogP) is 1.08. The van der Waals surface area contributed by atoms with E-state index in [1.54, 1.807) is 25.6 Å². The second-order valence-electron chi connectivity index (χ2n) is 2.43. The van der Waals surface area contributed by atoms with E-state index >= 15 is 0 Å². The van der Waals surface area contributed by atoms with Gasteiger partial charge in [0, 0.05) is 12.1 Å². The quantitative estimate of drug-likeness (QED) is 0.683. The van der Waals surface area contributed by atoms with Crippen molar-refractivity contribution in [3.8, 4) is 11.4 Å². The second kappa shape index (κ2) is 3.26. The summed E-state index contributed by atoms with van der Waals surface area (Å²) in [6, 6.07) is 8.42. The van der Waals surface area contributed by atoms with Crippen LogP contribution in [-0.4, -0.2) is 22.1 Å². The molecule has 0 unspecified atom stereocenters. The Balaban J connectivity index is 2.41. The zero-order valence-corrected chi connectivity index (χ0v) is 7.14. The van der Waals surface area contributed by atoms with Crippen LogP contribution in [0.2, 0.25) is 0 Å². The summed E-state index contributed by atoms with van der Waals surface area (Å²) in [5, 5.41) is 7.96. The van der Waals surface area contributed by atoms with Crippen molar-refractivity contribution in [2.45, 2.75) is 0 Å². The number of nitrogens with zero attached hydrogens (tertiary/aromatic N) is 3. The van der Waals surface area contributed by atoms with E-state index in [2.05, 4.69) is 16.3 Å². The van der Waals surface area contributed by atoms with Crippen LogP contribution in [0.5, 0.6) is 5.75 Å². The SMILES string of the molecule is COc1cc[c]c(-n2nccn2)c1. The summed E-state index contributed by atoms with van der Waals surface area (Å²) < 4.78 is 5.06. The summed E-state index contributed by atoms with van der Waals surface area (Å²) in [6.45, 7) is 0. The summed E-state index contributed by atoms with van der Waals surface area (Å²) in [4.78, 5) is 1.49. The molecule has 0 spiro atoms. The molecule has 0 amide bonds. The lowest BCUT2D eigenvalue weighted by molar-refractivity contribution is 0.414. The molecule has 0 atom stereocenters. The van der Waals surface area contributed by atoms with Gasteiger partial charge in [-0.2, -0.15) is 15.0 Å². The van der Waals surface area contributed by atoms with Gasteiger partial charge in [-0.05, 0) is 12.1 Å². The molecular formula is C9H8N3O. The monoisotopic (exact) mass is 174 g/mol. The van der Waals surface area contributed by atoms with E-state index in [1.165, 1.54) is 4.80 Å². The first kappa shape index (κ1) is 7.79. The Bertz CT molecular complexity index is 384. The normalized spacial score (nSPS) is 9.92. The highest BCUT2D eigenvalue weighted by atomic mass is 16.5. The number of hydrogen-bond donors (Lipinski definition) is 0. The Labute approximate surface area is 75.8 Å². The number of ether oxygens (including phenoxy) is 1. The van der Waals surface area contributed by atoms with E-state index in [0.29, 0.717) is 0 Å². The maximum absolute atomic E-state index is 5.06. The molecule has 0 aliphatic rings. The minimum atomic E-state index is 0.768. The van der Waals surface area contributed by atoms with Crippen molar-refractivity contribution in [1.29, 1.82) is 0 Å². The lowest BCUT2D eigenvalue weighted by Gasteiger charge is -2.01. The van der Waals surface area contributed by atoms with E-state index in [1.807, 2.05) is 12.1 Å². The van der Waals surface area contributed by atoms with Crippen LogP contribution in [0, 0.1) is 6.07 Å². The van der Waals surface area contributed by atoms with Crippen molar-refractivity contribution in [3.05, 3.63) is 36.7 Å². The maximum atomic E-state index is 5.06. The van der Waals surface area contributed by atoms with Crippen molar-refractivity contribution in [1.82, 2.24) is 15.0 Å². The zero-order chi connectivity index (χ0) is 9.10. The third kappa shape index (κ3) is 1.51. The number of aromatic nitrogens is 3. The average Bonchev–Trinajstić information content (AvgIpc) is 2.71. The second-order valence-corrected chi connectivity index (χ2v) is 2.43. The molecule has 0 saturated carbocycles. The van der Waals surface area contributed by atoms with E-state index in [-0.39, 0.29) is 0 Å². The lowest BCUT2D eigenvalue weighted by atomic mass is 10.3. The van der Waals surface area contributed by atoms with Crippen molar-refractivity contribution in [2.24, 2.45) is 0 Å². The maximum Gasteiger partial charge on any atom is 0.121 e. The smallest absolute Gasteiger partial charge is 0.121 e. The molecule has 1 aromatic carbocycles. The third-order valence-electron chi connectivity index (χ3n) is 1.63. The molecule has 4 heteroatoms. The molecule has 2 rings (SSSR count). The van der Waals surface area contributed by atoms with Crippen molar-refractivity contribution < 1.29 is 4.74 Å². The average molecular weight is 174 g/mol. The van der Waals surface area contributed by atoms with Crippen molar-refractivity contribution in [2.75, 3.05) is 7.11 Å². The fourth-order valence-electron chi connectivity index (χ4n) is 1.02. The Kier molecular flexibility index (Phi) is 1.96. The number of methoxy groups -OCH3 is 1. The van der Waals surface area contributed by atoms with Gasteiger partial charge in [-0.1, -0.05) is 0 Å². The van der Waals surface area contributed by atoms with Crippen LogP contribution in [-0.2, 0) is 0 Å². The predicted molar refractivity (Wildman–Crippen MR) is 46.7 cm³/mol. The fraction of sp³-hybridized carbons (Fsp3) is 0.111. The van der Waals surface area contributed by atoms with Crippen molar-refractivity contribution >= 4 is 0 Å². The molecule has 1 heterocycles. The van der Waals surface area contributed by atoms with Crippen LogP contribution in [0.1, 0.15) is 0 Å². The molecule has 1 radical (unpaired) electrons. The Morgan fingerprint density at radius 2 is 2.15 bits per heavy atom. The number of benzene rings is 1. The molecular weight excluding hydrogens is 166 g/mol. The molecule has 13 heavy (non-hydrogen) atoms. The van der Waals surface area contributed by atoms with Gasteiger partial charge >= 0.3 is 0 Å². The van der Waals surface area contributed by atoms with Crippen LogP contribution in [0.4, 0.5) is 0 Å². The Morgan fingerprint density at radius 3 is 2.85 bits per heavy atom. The van der Waals surface area contributed by atoms with Crippen LogP contribution < -0.4 is 4.74 Å². The van der Waals surface area contributed by atoms with Gasteiger partial charge in [-0.3, -0.25) is 0 Å². The largest absolute Gasteiger partial charge is 0.497 e. The van der Waals surface area contributed by atoms with Gasteiger partial charge < -0.3 is 4.74 Å². The fourth-order valence-corrected chi connectivity index (χ4v) is 1.02. The molecule has 65 valence electrons. The molecule has 0 aliphatic heterocycles. The number of rotatable bonds is 2. The van der Waals surface area contributed by atoms with Crippen LogP contribution >= 0.6 is 0 Å². The highest BCUT2D eigenvalue weighted by Crippen LogP contribution is 2.13. The molecule has 4 nitrogen and oxygen atoms in total. The van der Waals surface area contributed by atoms with Gasteiger partial charge in [0.15, 0.2) is 0 Å². The summed E-state index contributed by atoms with van der Waals surface area (Å²) in [6.07, 6.45) is 3.24. The molecule has 2 aromatic rings. The minimum absolute atomic E-state index is 0.768. The highest BCUT2D eigenvalue weighted by molar-refractivity contribution is 5.36. The van der Waals surface area contributed by atoms with E-state index in [9.17, 15) is 0 Å². The first-order valence-corrected chi connectivity index (χ1v) is 3.82. The first-order valence-electron chi connectivity index (χ1n) is 3.82. The van der Waals surface area contributed by atoms with Crippen molar-refractivity contribution in [3.63, 3.8) is 0 Å². The molecule has 0 bridgehead atoms. The van der Waals surface area contributed by atoms with E-state index in [4.69, 9.17) is 4.74 Å². The van der Waals surface area contributed by atoms with Crippen LogP contribution in [0.3, 0.4) is 0 Å². The third-order valence-corrected chi connectivity index (χ3v) is 1.63. The van der Waals surface area contributed by atoms with Crippen LogP contribution in [0.15, 0.2) is 30.6 Å². The van der Waals surface area contributed by atoms with Gasteiger partial charge in [0.05, 0.1) is 25.2 Å². The van der Waals surface area contributed by atoms with Gasteiger partial charge in [0.25, 0.3) is 0 Å². The van der Waals surface area contributed by atoms with E-state index < -0.39 is 0 Å². The zero-order valence-electron chi connectivity index (χ0n) is 7.14. The van der Waals surface area contributed by atoms with Gasteiger partial charge in [-0.25, -0.2) is 0 Å². The molecule has 0 N–H and O–H groups in total. The molecule has 0 saturated heterocycles. The molecule has 0 fully saturated rings. The molecule has 0 aliphatic carbocycles. The minimum Gasteiger partial charge on any atom is -0.497 e. The summed E-state index contributed by atoms with van der Waals surface area (Å²) in [5.41, 5.74) is 0.768.